The van der Waals surface area contributed by atoms with Crippen LogP contribution in [-0.4, -0.2) is 55.0 Å². The average molecular weight is 274 g/mol. The van der Waals surface area contributed by atoms with Gasteiger partial charge in [0, 0.05) is 0 Å². The number of ether oxygens (including phenoxy) is 5. The van der Waals surface area contributed by atoms with Crippen LogP contribution in [0, 0.1) is 0 Å². The highest BCUT2D eigenvalue weighted by molar-refractivity contribution is 4.96. The Kier molecular flexibility index (Phi) is 4.07. The summed E-state index contributed by atoms with van der Waals surface area (Å²) in [5.41, 5.74) is 0. The zero-order valence-electron chi connectivity index (χ0n) is 11.4. The number of aliphatic hydroxyl groups is 1. The first-order chi connectivity index (χ1) is 9.19. The van der Waals surface area contributed by atoms with Crippen LogP contribution >= 0.6 is 0 Å². The summed E-state index contributed by atoms with van der Waals surface area (Å²) in [4.78, 5) is 0. The smallest absolute Gasteiger partial charge is 0.184 e. The van der Waals surface area contributed by atoms with Gasteiger partial charge in [-0.05, 0) is 19.8 Å². The molecule has 3 aliphatic rings. The van der Waals surface area contributed by atoms with Gasteiger partial charge in [0.1, 0.15) is 24.4 Å². The molecule has 3 heterocycles. The average Bonchev–Trinajstić information content (AvgIpc) is 2.82. The molecule has 0 aromatic carbocycles. The van der Waals surface area contributed by atoms with E-state index in [1.54, 1.807) is 0 Å². The largest absolute Gasteiger partial charge is 0.366 e. The van der Waals surface area contributed by atoms with Crippen LogP contribution < -0.4 is 0 Å². The lowest BCUT2D eigenvalue weighted by Crippen LogP contribution is -2.61. The fourth-order valence-corrected chi connectivity index (χ4v) is 2.87. The van der Waals surface area contributed by atoms with Gasteiger partial charge in [0.05, 0.1) is 6.61 Å². The summed E-state index contributed by atoms with van der Waals surface area (Å²) in [5, 5.41) is 9.99. The molecule has 0 bridgehead atoms. The molecular formula is C13H22O6. The number of fused-ring (bicyclic) bond motifs is 3. The number of hydrogen-bond donors (Lipinski definition) is 1. The molecule has 0 saturated carbocycles. The van der Waals surface area contributed by atoms with Crippen LogP contribution in [0.25, 0.3) is 0 Å². The van der Waals surface area contributed by atoms with E-state index in [1.165, 1.54) is 0 Å². The van der Waals surface area contributed by atoms with Crippen molar-refractivity contribution in [3.05, 3.63) is 0 Å². The van der Waals surface area contributed by atoms with Gasteiger partial charge in [0.15, 0.2) is 18.9 Å². The van der Waals surface area contributed by atoms with E-state index in [1.807, 2.05) is 6.92 Å². The van der Waals surface area contributed by atoms with Crippen molar-refractivity contribution in [1.82, 2.24) is 0 Å². The first kappa shape index (κ1) is 13.7. The van der Waals surface area contributed by atoms with Gasteiger partial charge in [-0.3, -0.25) is 0 Å². The van der Waals surface area contributed by atoms with E-state index < -0.39 is 12.4 Å². The van der Waals surface area contributed by atoms with Gasteiger partial charge in [0.25, 0.3) is 0 Å². The normalized spacial score (nSPS) is 49.7. The summed E-state index contributed by atoms with van der Waals surface area (Å²) < 4.78 is 28.3. The Morgan fingerprint density at radius 1 is 1.05 bits per heavy atom. The molecule has 1 N–H and O–H groups in total. The summed E-state index contributed by atoms with van der Waals surface area (Å²) in [6.45, 7) is 4.38. The van der Waals surface area contributed by atoms with Crippen molar-refractivity contribution in [2.75, 3.05) is 6.61 Å². The zero-order chi connectivity index (χ0) is 13.4. The number of hydrogen-bond acceptors (Lipinski definition) is 6. The van der Waals surface area contributed by atoms with Crippen LogP contribution in [0.5, 0.6) is 0 Å². The minimum absolute atomic E-state index is 0.233. The lowest BCUT2D eigenvalue weighted by molar-refractivity contribution is -0.333. The van der Waals surface area contributed by atoms with Gasteiger partial charge in [-0.1, -0.05) is 13.3 Å². The molecule has 0 spiro atoms. The van der Waals surface area contributed by atoms with Crippen LogP contribution in [0.15, 0.2) is 0 Å². The molecule has 3 fully saturated rings. The van der Waals surface area contributed by atoms with Crippen molar-refractivity contribution < 1.29 is 28.8 Å². The molecule has 19 heavy (non-hydrogen) atoms. The van der Waals surface area contributed by atoms with E-state index in [9.17, 15) is 5.11 Å². The first-order valence-electron chi connectivity index (χ1n) is 7.10. The third-order valence-corrected chi connectivity index (χ3v) is 3.86. The molecule has 0 radical (unpaired) electrons. The molecule has 7 unspecified atom stereocenters. The highest BCUT2D eigenvalue weighted by atomic mass is 16.8. The van der Waals surface area contributed by atoms with Crippen molar-refractivity contribution >= 4 is 0 Å². The van der Waals surface area contributed by atoms with Crippen LogP contribution in [0.2, 0.25) is 0 Å². The first-order valence-corrected chi connectivity index (χ1v) is 7.10. The lowest BCUT2D eigenvalue weighted by Gasteiger charge is -2.44. The van der Waals surface area contributed by atoms with Crippen LogP contribution in [0.3, 0.4) is 0 Å². The molecule has 3 aliphatic heterocycles. The third kappa shape index (κ3) is 2.66. The van der Waals surface area contributed by atoms with Crippen molar-refractivity contribution in [3.8, 4) is 0 Å². The second kappa shape index (κ2) is 5.63. The maximum absolute atomic E-state index is 9.99. The Morgan fingerprint density at radius 3 is 2.63 bits per heavy atom. The molecule has 7 atom stereocenters. The highest BCUT2D eigenvalue weighted by Gasteiger charge is 2.54. The standard InChI is InChI=1S/C13H22O6/c1-3-4-5-9-18-11-10-8(6-15-7(2)16-10)17-13(14)12(11)19-9/h7-14H,3-6H2,1-2H3. The van der Waals surface area contributed by atoms with Crippen molar-refractivity contribution in [3.63, 3.8) is 0 Å². The van der Waals surface area contributed by atoms with Gasteiger partial charge in [0.2, 0.25) is 0 Å². The lowest BCUT2D eigenvalue weighted by atomic mass is 9.98. The highest BCUT2D eigenvalue weighted by Crippen LogP contribution is 2.36. The molecule has 110 valence electrons. The van der Waals surface area contributed by atoms with Crippen LogP contribution in [-0.2, 0) is 23.7 Å². The monoisotopic (exact) mass is 274 g/mol. The Labute approximate surface area is 112 Å². The summed E-state index contributed by atoms with van der Waals surface area (Å²) in [5.74, 6) is 0. The zero-order valence-corrected chi connectivity index (χ0v) is 11.4. The molecule has 0 aromatic heterocycles. The Bertz CT molecular complexity index is 312. The fraction of sp³-hybridized carbons (Fsp3) is 1.00. The molecule has 0 amide bonds. The molecule has 3 rings (SSSR count). The SMILES string of the molecule is CCCCC1OC2C(O)OC3COC(C)OC3C2O1. The second-order valence-electron chi connectivity index (χ2n) is 5.34. The summed E-state index contributed by atoms with van der Waals surface area (Å²) in [6.07, 6.45) is 0.173. The quantitative estimate of drug-likeness (QED) is 0.820. The van der Waals surface area contributed by atoms with Crippen molar-refractivity contribution in [2.24, 2.45) is 0 Å². The van der Waals surface area contributed by atoms with E-state index in [0.29, 0.717) is 6.61 Å². The fourth-order valence-electron chi connectivity index (χ4n) is 2.87. The van der Waals surface area contributed by atoms with Crippen molar-refractivity contribution in [2.45, 2.75) is 76.4 Å². The molecule has 0 aromatic rings. The second-order valence-corrected chi connectivity index (χ2v) is 5.34. The summed E-state index contributed by atoms with van der Waals surface area (Å²) in [7, 11) is 0. The van der Waals surface area contributed by atoms with Gasteiger partial charge >= 0.3 is 0 Å². The van der Waals surface area contributed by atoms with E-state index in [0.717, 1.165) is 19.3 Å². The predicted octanol–water partition coefficient (Wildman–Crippen LogP) is 0.765. The number of aliphatic hydroxyl groups excluding tert-OH is 1. The summed E-state index contributed by atoms with van der Waals surface area (Å²) >= 11 is 0. The molecule has 6 heteroatoms. The van der Waals surface area contributed by atoms with Gasteiger partial charge in [-0.2, -0.15) is 0 Å². The third-order valence-electron chi connectivity index (χ3n) is 3.86. The molecule has 0 aliphatic carbocycles. The summed E-state index contributed by atoms with van der Waals surface area (Å²) in [6, 6.07) is 0. The van der Waals surface area contributed by atoms with Gasteiger partial charge in [-0.25, -0.2) is 0 Å². The van der Waals surface area contributed by atoms with E-state index in [2.05, 4.69) is 6.92 Å². The van der Waals surface area contributed by atoms with Crippen LogP contribution in [0.4, 0.5) is 0 Å². The Morgan fingerprint density at radius 2 is 1.84 bits per heavy atom. The topological polar surface area (TPSA) is 66.4 Å². The maximum atomic E-state index is 9.99. The van der Waals surface area contributed by atoms with Crippen molar-refractivity contribution in [1.29, 1.82) is 0 Å². The number of unbranched alkanes of at least 4 members (excludes halogenated alkanes) is 1. The molecule has 3 saturated heterocycles. The molecule has 6 nitrogen and oxygen atoms in total. The van der Waals surface area contributed by atoms with E-state index in [-0.39, 0.29) is 30.9 Å². The van der Waals surface area contributed by atoms with Gasteiger partial charge in [-0.15, -0.1) is 0 Å². The minimum Gasteiger partial charge on any atom is -0.366 e. The Hall–Kier alpha value is -0.240. The van der Waals surface area contributed by atoms with E-state index in [4.69, 9.17) is 23.7 Å². The van der Waals surface area contributed by atoms with Crippen LogP contribution in [0.1, 0.15) is 33.1 Å². The number of rotatable bonds is 3. The minimum atomic E-state index is -0.974. The molecular weight excluding hydrogens is 252 g/mol. The van der Waals surface area contributed by atoms with Gasteiger partial charge < -0.3 is 28.8 Å². The predicted molar refractivity (Wildman–Crippen MR) is 64.2 cm³/mol. The maximum Gasteiger partial charge on any atom is 0.184 e. The van der Waals surface area contributed by atoms with E-state index >= 15 is 0 Å². The Balaban J connectivity index is 1.68.